The second kappa shape index (κ2) is 7.98. The van der Waals surface area contributed by atoms with Gasteiger partial charge in [-0.3, -0.25) is 4.31 Å². The fraction of sp³-hybridized carbons (Fsp3) is 0.143. The van der Waals surface area contributed by atoms with Crippen LogP contribution in [0.3, 0.4) is 0 Å². The van der Waals surface area contributed by atoms with Gasteiger partial charge < -0.3 is 4.74 Å². The fourth-order valence-corrected chi connectivity index (χ4v) is 4.52. The summed E-state index contributed by atoms with van der Waals surface area (Å²) in [6.07, 6.45) is 0. The van der Waals surface area contributed by atoms with E-state index in [1.54, 1.807) is 31.2 Å². The lowest BCUT2D eigenvalue weighted by molar-refractivity contribution is 0.414. The van der Waals surface area contributed by atoms with Crippen molar-refractivity contribution in [3.63, 3.8) is 0 Å². The lowest BCUT2D eigenvalue weighted by atomic mass is 10.2. The van der Waals surface area contributed by atoms with Crippen molar-refractivity contribution >= 4 is 15.7 Å². The van der Waals surface area contributed by atoms with E-state index in [-0.39, 0.29) is 17.1 Å². The molecule has 0 N–H and O–H groups in total. The van der Waals surface area contributed by atoms with Crippen molar-refractivity contribution in [2.24, 2.45) is 0 Å². The Balaban J connectivity index is 2.12. The molecule has 0 aliphatic heterocycles. The van der Waals surface area contributed by atoms with Crippen molar-refractivity contribution in [2.45, 2.75) is 18.4 Å². The van der Waals surface area contributed by atoms with Gasteiger partial charge in [0.2, 0.25) is 0 Å². The Hall–Kier alpha value is -2.93. The Labute approximate surface area is 163 Å². The van der Waals surface area contributed by atoms with E-state index < -0.39 is 21.7 Å². The summed E-state index contributed by atoms with van der Waals surface area (Å²) in [5.41, 5.74) is 1.35. The van der Waals surface area contributed by atoms with Gasteiger partial charge in [-0.1, -0.05) is 18.2 Å². The Morgan fingerprint density at radius 2 is 1.61 bits per heavy atom. The minimum atomic E-state index is -4.11. The summed E-state index contributed by atoms with van der Waals surface area (Å²) in [5, 5.41) is 0. The molecule has 0 fully saturated rings. The number of hydrogen-bond donors (Lipinski definition) is 0. The van der Waals surface area contributed by atoms with Crippen LogP contribution in [0.25, 0.3) is 0 Å². The van der Waals surface area contributed by atoms with Gasteiger partial charge >= 0.3 is 0 Å². The zero-order chi connectivity index (χ0) is 20.3. The number of hydrogen-bond acceptors (Lipinski definition) is 3. The summed E-state index contributed by atoms with van der Waals surface area (Å²) >= 11 is 0. The van der Waals surface area contributed by atoms with E-state index in [1.807, 2.05) is 0 Å². The Bertz CT molecular complexity index is 1080. The molecular weight excluding hydrogens is 384 g/mol. The van der Waals surface area contributed by atoms with Crippen LogP contribution in [-0.2, 0) is 16.6 Å². The van der Waals surface area contributed by atoms with Crippen LogP contribution in [0, 0.1) is 18.6 Å². The molecule has 0 atom stereocenters. The lowest BCUT2D eigenvalue weighted by Gasteiger charge is -2.25. The summed E-state index contributed by atoms with van der Waals surface area (Å²) in [4.78, 5) is -0.139. The van der Waals surface area contributed by atoms with Crippen LogP contribution in [0.4, 0.5) is 14.5 Å². The average molecular weight is 403 g/mol. The minimum Gasteiger partial charge on any atom is -0.497 e. The maximum Gasteiger partial charge on any atom is 0.264 e. The predicted octanol–water partition coefficient (Wildman–Crippen LogP) is 4.68. The molecule has 0 heterocycles. The molecule has 3 rings (SSSR count). The highest BCUT2D eigenvalue weighted by atomic mass is 32.2. The summed E-state index contributed by atoms with van der Waals surface area (Å²) in [6.45, 7) is 1.57. The molecule has 0 aromatic heterocycles. The number of nitrogens with zero attached hydrogens (tertiary/aromatic N) is 1. The maximum absolute atomic E-state index is 13.8. The minimum absolute atomic E-state index is 0.0267. The molecule has 0 spiro atoms. The Kier molecular flexibility index (Phi) is 5.65. The highest BCUT2D eigenvalue weighted by Crippen LogP contribution is 2.29. The van der Waals surface area contributed by atoms with Crippen LogP contribution in [0.2, 0.25) is 0 Å². The lowest BCUT2D eigenvalue weighted by Crippen LogP contribution is -2.31. The van der Waals surface area contributed by atoms with E-state index in [1.165, 1.54) is 43.5 Å². The number of aryl methyl sites for hydroxylation is 1. The number of methoxy groups -OCH3 is 1. The van der Waals surface area contributed by atoms with Crippen molar-refractivity contribution in [1.82, 2.24) is 0 Å². The zero-order valence-electron chi connectivity index (χ0n) is 15.4. The van der Waals surface area contributed by atoms with Crippen molar-refractivity contribution in [3.05, 3.63) is 89.5 Å². The smallest absolute Gasteiger partial charge is 0.264 e. The van der Waals surface area contributed by atoms with Crippen LogP contribution in [0.1, 0.15) is 11.1 Å². The van der Waals surface area contributed by atoms with E-state index in [4.69, 9.17) is 4.74 Å². The van der Waals surface area contributed by atoms with Gasteiger partial charge in [-0.15, -0.1) is 0 Å². The first-order valence-corrected chi connectivity index (χ1v) is 9.92. The molecule has 0 bridgehead atoms. The van der Waals surface area contributed by atoms with Crippen molar-refractivity contribution in [2.75, 3.05) is 11.4 Å². The molecular formula is C21H19F2NO3S. The second-order valence-electron chi connectivity index (χ2n) is 6.25. The normalized spacial score (nSPS) is 11.3. The number of ether oxygens (including phenoxy) is 1. The molecule has 0 aliphatic carbocycles. The van der Waals surface area contributed by atoms with E-state index in [0.717, 1.165) is 10.4 Å². The molecule has 0 radical (unpaired) electrons. The molecule has 0 unspecified atom stereocenters. The van der Waals surface area contributed by atoms with Gasteiger partial charge in [0, 0.05) is 0 Å². The van der Waals surface area contributed by atoms with Gasteiger partial charge in [0.15, 0.2) is 0 Å². The summed E-state index contributed by atoms with van der Waals surface area (Å²) in [5.74, 6) is -0.551. The van der Waals surface area contributed by atoms with E-state index >= 15 is 0 Å². The van der Waals surface area contributed by atoms with Crippen LogP contribution in [0.5, 0.6) is 5.75 Å². The molecule has 4 nitrogen and oxygen atoms in total. The molecule has 7 heteroatoms. The summed E-state index contributed by atoms with van der Waals surface area (Å²) in [6, 6.07) is 15.7. The van der Waals surface area contributed by atoms with Crippen LogP contribution in [-0.4, -0.2) is 15.5 Å². The van der Waals surface area contributed by atoms with E-state index in [9.17, 15) is 17.2 Å². The van der Waals surface area contributed by atoms with Gasteiger partial charge in [-0.25, -0.2) is 17.2 Å². The van der Waals surface area contributed by atoms with Crippen LogP contribution < -0.4 is 9.04 Å². The standard InChI is InChI=1S/C21H19F2NO3S/c1-15-6-7-18(23)13-21(15)28(25,26)24(19-10-8-17(22)9-11-19)14-16-4-3-5-20(12-16)27-2/h3-13H,14H2,1-2H3. The summed E-state index contributed by atoms with van der Waals surface area (Å²) in [7, 11) is -2.59. The van der Waals surface area contributed by atoms with Crippen LogP contribution in [0.15, 0.2) is 71.6 Å². The van der Waals surface area contributed by atoms with Gasteiger partial charge in [0.05, 0.1) is 24.2 Å². The van der Waals surface area contributed by atoms with Crippen molar-refractivity contribution in [1.29, 1.82) is 0 Å². The number of halogens is 2. The number of rotatable bonds is 6. The van der Waals surface area contributed by atoms with Gasteiger partial charge in [-0.2, -0.15) is 0 Å². The van der Waals surface area contributed by atoms with Gasteiger partial charge in [-0.05, 0) is 66.6 Å². The highest BCUT2D eigenvalue weighted by molar-refractivity contribution is 7.92. The van der Waals surface area contributed by atoms with Gasteiger partial charge in [0.1, 0.15) is 17.4 Å². The molecule has 3 aromatic rings. The third kappa shape index (κ3) is 4.14. The fourth-order valence-electron chi connectivity index (χ4n) is 2.83. The number of benzene rings is 3. The number of sulfonamides is 1. The van der Waals surface area contributed by atoms with Crippen molar-refractivity contribution < 1.29 is 21.9 Å². The molecule has 146 valence electrons. The first kappa shape index (κ1) is 19.8. The topological polar surface area (TPSA) is 46.6 Å². The average Bonchev–Trinajstić information content (AvgIpc) is 2.69. The molecule has 0 saturated carbocycles. The zero-order valence-corrected chi connectivity index (χ0v) is 16.2. The third-order valence-electron chi connectivity index (χ3n) is 4.29. The van der Waals surface area contributed by atoms with E-state index in [2.05, 4.69) is 0 Å². The molecule has 0 aliphatic rings. The van der Waals surface area contributed by atoms with E-state index in [0.29, 0.717) is 16.9 Å². The summed E-state index contributed by atoms with van der Waals surface area (Å²) < 4.78 is 60.2. The van der Waals surface area contributed by atoms with Gasteiger partial charge in [0.25, 0.3) is 10.0 Å². The maximum atomic E-state index is 13.8. The van der Waals surface area contributed by atoms with Crippen LogP contribution >= 0.6 is 0 Å². The Morgan fingerprint density at radius 1 is 0.929 bits per heavy atom. The predicted molar refractivity (Wildman–Crippen MR) is 104 cm³/mol. The third-order valence-corrected chi connectivity index (χ3v) is 6.21. The second-order valence-corrected chi connectivity index (χ2v) is 8.08. The SMILES string of the molecule is COc1cccc(CN(c2ccc(F)cc2)S(=O)(=O)c2cc(F)ccc2C)c1. The number of anilines is 1. The quantitative estimate of drug-likeness (QED) is 0.601. The largest absolute Gasteiger partial charge is 0.497 e. The Morgan fingerprint density at radius 3 is 2.29 bits per heavy atom. The molecule has 28 heavy (non-hydrogen) atoms. The van der Waals surface area contributed by atoms with Crippen molar-refractivity contribution in [3.8, 4) is 5.75 Å². The molecule has 0 saturated heterocycles. The molecule has 0 amide bonds. The molecule has 3 aromatic carbocycles. The highest BCUT2D eigenvalue weighted by Gasteiger charge is 2.27. The monoisotopic (exact) mass is 403 g/mol. The first-order valence-electron chi connectivity index (χ1n) is 8.48. The first-order chi connectivity index (χ1) is 13.3.